The lowest BCUT2D eigenvalue weighted by Gasteiger charge is -2.25. The molecule has 0 atom stereocenters. The average Bonchev–Trinajstić information content (AvgIpc) is 2.59. The van der Waals surface area contributed by atoms with Crippen LogP contribution in [0.25, 0.3) is 0 Å². The first-order valence-corrected chi connectivity index (χ1v) is 5.55. The molecule has 0 spiro atoms. The number of thiocarbonyl (C=S) groups is 1. The summed E-state index contributed by atoms with van der Waals surface area (Å²) >= 11 is 10.4. The minimum absolute atomic E-state index is 0.0159. The van der Waals surface area contributed by atoms with E-state index in [0.717, 1.165) is 0 Å². The highest BCUT2D eigenvalue weighted by Gasteiger charge is 2.22. The molecular weight excluding hydrogens is 248 g/mol. The number of amides is 1. The van der Waals surface area contributed by atoms with Crippen molar-refractivity contribution >= 4 is 34.7 Å². The van der Waals surface area contributed by atoms with Gasteiger partial charge in [0.15, 0.2) is 11.0 Å². The molecule has 88 valence electrons. The maximum atomic E-state index is 12.0. The summed E-state index contributed by atoms with van der Waals surface area (Å²) in [6, 6.07) is 3.03. The second-order valence-electron chi connectivity index (χ2n) is 3.60. The van der Waals surface area contributed by atoms with Gasteiger partial charge in [-0.15, -0.1) is 0 Å². The smallest absolute Gasteiger partial charge is 0.290 e. The van der Waals surface area contributed by atoms with Crippen molar-refractivity contribution in [3.05, 3.63) is 23.1 Å². The third kappa shape index (κ3) is 3.21. The maximum absolute atomic E-state index is 12.0. The summed E-state index contributed by atoms with van der Waals surface area (Å²) in [7, 11) is 0. The summed E-state index contributed by atoms with van der Waals surface area (Å²) in [6.45, 7) is 3.98. The molecule has 1 aromatic rings. The molecule has 1 aromatic heterocycles. The highest BCUT2D eigenvalue weighted by atomic mass is 35.5. The number of hydrogen-bond donors (Lipinski definition) is 1. The van der Waals surface area contributed by atoms with Crippen LogP contribution in [-0.2, 0) is 0 Å². The fourth-order valence-electron chi connectivity index (χ4n) is 1.23. The molecule has 0 saturated carbocycles. The Kier molecular flexibility index (Phi) is 4.32. The van der Waals surface area contributed by atoms with Crippen molar-refractivity contribution in [2.75, 3.05) is 6.54 Å². The van der Waals surface area contributed by atoms with E-state index in [0.29, 0.717) is 0 Å². The van der Waals surface area contributed by atoms with Crippen LogP contribution < -0.4 is 5.73 Å². The first-order valence-electron chi connectivity index (χ1n) is 4.76. The fraction of sp³-hybridized carbons (Fsp3) is 0.400. The van der Waals surface area contributed by atoms with Gasteiger partial charge >= 0.3 is 0 Å². The molecule has 1 heterocycles. The third-order valence-electron chi connectivity index (χ3n) is 1.99. The Bertz CT molecular complexity index is 403. The predicted molar refractivity (Wildman–Crippen MR) is 66.7 cm³/mol. The van der Waals surface area contributed by atoms with Crippen molar-refractivity contribution in [2.24, 2.45) is 5.73 Å². The zero-order chi connectivity index (χ0) is 12.3. The second-order valence-corrected chi connectivity index (χ2v) is 4.49. The summed E-state index contributed by atoms with van der Waals surface area (Å²) in [5.74, 6) is -0.0790. The van der Waals surface area contributed by atoms with E-state index in [1.54, 1.807) is 0 Å². The predicted octanol–water partition coefficient (Wildman–Crippen LogP) is 2.07. The lowest BCUT2D eigenvalue weighted by Crippen LogP contribution is -2.42. The molecule has 0 aliphatic rings. The Morgan fingerprint density at radius 3 is 2.62 bits per heavy atom. The van der Waals surface area contributed by atoms with E-state index in [-0.39, 0.29) is 34.5 Å². The fourth-order valence-corrected chi connectivity index (χ4v) is 1.51. The van der Waals surface area contributed by atoms with Gasteiger partial charge < -0.3 is 15.1 Å². The van der Waals surface area contributed by atoms with E-state index in [1.807, 2.05) is 13.8 Å². The molecular formula is C10H13ClN2O2S. The molecule has 16 heavy (non-hydrogen) atoms. The van der Waals surface area contributed by atoms with Crippen LogP contribution in [0.5, 0.6) is 0 Å². The Morgan fingerprint density at radius 1 is 1.62 bits per heavy atom. The van der Waals surface area contributed by atoms with E-state index < -0.39 is 0 Å². The van der Waals surface area contributed by atoms with Crippen LogP contribution in [0.3, 0.4) is 0 Å². The van der Waals surface area contributed by atoms with Gasteiger partial charge in [-0.05, 0) is 37.6 Å². The summed E-state index contributed by atoms with van der Waals surface area (Å²) in [6.07, 6.45) is 0. The molecule has 0 fully saturated rings. The Morgan fingerprint density at radius 2 is 2.25 bits per heavy atom. The van der Waals surface area contributed by atoms with Gasteiger partial charge in [0.2, 0.25) is 0 Å². The Hall–Kier alpha value is -1.07. The lowest BCUT2D eigenvalue weighted by molar-refractivity contribution is 0.0704. The van der Waals surface area contributed by atoms with Crippen molar-refractivity contribution in [1.29, 1.82) is 0 Å². The molecule has 0 saturated heterocycles. The highest BCUT2D eigenvalue weighted by molar-refractivity contribution is 7.80. The van der Waals surface area contributed by atoms with Crippen molar-refractivity contribution < 1.29 is 9.21 Å². The maximum Gasteiger partial charge on any atom is 0.290 e. The number of hydrogen-bond acceptors (Lipinski definition) is 3. The van der Waals surface area contributed by atoms with Crippen molar-refractivity contribution in [3.63, 3.8) is 0 Å². The summed E-state index contributed by atoms with van der Waals surface area (Å²) in [5, 5.41) is 0.183. The van der Waals surface area contributed by atoms with Crippen LogP contribution in [0.15, 0.2) is 16.5 Å². The van der Waals surface area contributed by atoms with E-state index in [4.69, 9.17) is 34.0 Å². The zero-order valence-corrected chi connectivity index (χ0v) is 10.6. The van der Waals surface area contributed by atoms with E-state index in [2.05, 4.69) is 0 Å². The summed E-state index contributed by atoms with van der Waals surface area (Å²) < 4.78 is 5.05. The van der Waals surface area contributed by atoms with Crippen LogP contribution in [0, 0.1) is 0 Å². The first kappa shape index (κ1) is 13.0. The number of nitrogens with zero attached hydrogens (tertiary/aromatic N) is 1. The molecule has 0 unspecified atom stereocenters. The first-order chi connectivity index (χ1) is 7.41. The molecule has 0 aliphatic heterocycles. The molecule has 0 radical (unpaired) electrons. The SMILES string of the molecule is CC(C)N(CC(N)=S)C(=O)c1ccc(Cl)o1. The zero-order valence-electron chi connectivity index (χ0n) is 9.07. The van der Waals surface area contributed by atoms with Crippen molar-refractivity contribution in [3.8, 4) is 0 Å². The monoisotopic (exact) mass is 260 g/mol. The lowest BCUT2D eigenvalue weighted by atomic mass is 10.3. The quantitative estimate of drug-likeness (QED) is 0.842. The third-order valence-corrected chi connectivity index (χ3v) is 2.33. The number of carbonyl (C=O) groups is 1. The number of nitrogens with two attached hydrogens (primary N) is 1. The van der Waals surface area contributed by atoms with Gasteiger partial charge in [0.25, 0.3) is 5.91 Å². The molecule has 6 heteroatoms. The van der Waals surface area contributed by atoms with Gasteiger partial charge in [0.05, 0.1) is 11.5 Å². The van der Waals surface area contributed by atoms with Gasteiger partial charge in [-0.1, -0.05) is 12.2 Å². The van der Waals surface area contributed by atoms with Crippen LogP contribution in [0.4, 0.5) is 0 Å². The average molecular weight is 261 g/mol. The number of rotatable bonds is 4. The van der Waals surface area contributed by atoms with E-state index in [1.165, 1.54) is 17.0 Å². The molecule has 0 aromatic carbocycles. The Balaban J connectivity index is 2.87. The van der Waals surface area contributed by atoms with Crippen molar-refractivity contribution in [1.82, 2.24) is 4.90 Å². The molecule has 1 rings (SSSR count). The van der Waals surface area contributed by atoms with Gasteiger partial charge in [-0.25, -0.2) is 0 Å². The van der Waals surface area contributed by atoms with Crippen LogP contribution in [0.2, 0.25) is 5.22 Å². The summed E-state index contributed by atoms with van der Waals surface area (Å²) in [5.41, 5.74) is 5.43. The van der Waals surface area contributed by atoms with Crippen molar-refractivity contribution in [2.45, 2.75) is 19.9 Å². The molecule has 4 nitrogen and oxygen atoms in total. The molecule has 0 aliphatic carbocycles. The number of furan rings is 1. The topological polar surface area (TPSA) is 59.5 Å². The van der Waals surface area contributed by atoms with Gasteiger partial charge in [-0.3, -0.25) is 4.79 Å². The minimum atomic E-state index is -0.269. The van der Waals surface area contributed by atoms with E-state index in [9.17, 15) is 4.79 Å². The van der Waals surface area contributed by atoms with Crippen LogP contribution in [-0.4, -0.2) is 28.4 Å². The minimum Gasteiger partial charge on any atom is -0.440 e. The number of halogens is 1. The van der Waals surface area contributed by atoms with Gasteiger partial charge in [-0.2, -0.15) is 0 Å². The van der Waals surface area contributed by atoms with Gasteiger partial charge in [0, 0.05) is 6.04 Å². The normalized spacial score (nSPS) is 10.5. The highest BCUT2D eigenvalue weighted by Crippen LogP contribution is 2.16. The van der Waals surface area contributed by atoms with Gasteiger partial charge in [0.1, 0.15) is 0 Å². The van der Waals surface area contributed by atoms with E-state index >= 15 is 0 Å². The standard InChI is InChI=1S/C10H13ClN2O2S/c1-6(2)13(5-9(12)16)10(14)7-3-4-8(11)15-7/h3-4,6H,5H2,1-2H3,(H2,12,16). The molecule has 2 N–H and O–H groups in total. The van der Waals surface area contributed by atoms with Crippen LogP contribution >= 0.6 is 23.8 Å². The molecule has 1 amide bonds. The summed E-state index contributed by atoms with van der Waals surface area (Å²) in [4.78, 5) is 13.8. The largest absolute Gasteiger partial charge is 0.440 e. The van der Waals surface area contributed by atoms with Crippen LogP contribution in [0.1, 0.15) is 24.4 Å². The second kappa shape index (κ2) is 5.32. The number of carbonyl (C=O) groups excluding carboxylic acids is 1. The Labute approximate surface area is 104 Å². The molecule has 0 bridgehead atoms.